The van der Waals surface area contributed by atoms with E-state index in [4.69, 9.17) is 9.66 Å². The average Bonchev–Trinajstić information content (AvgIpc) is 3.71. The van der Waals surface area contributed by atoms with Gasteiger partial charge >= 0.3 is 11.8 Å². The summed E-state index contributed by atoms with van der Waals surface area (Å²) in [4.78, 5) is 5.01. The maximum absolute atomic E-state index is 5.18. The molecule has 0 radical (unpaired) electrons. The number of fused-ring (bicyclic) bond motifs is 8. The van der Waals surface area contributed by atoms with Gasteiger partial charge in [-0.2, -0.15) is 0 Å². The third kappa shape index (κ3) is 4.16. The van der Waals surface area contributed by atoms with Crippen molar-refractivity contribution in [2.24, 2.45) is 4.99 Å². The molecule has 224 valence electrons. The van der Waals surface area contributed by atoms with Crippen molar-refractivity contribution in [2.75, 3.05) is 0 Å². The number of para-hydroxylation sites is 1. The van der Waals surface area contributed by atoms with Crippen LogP contribution in [-0.4, -0.2) is 22.2 Å². The lowest BCUT2D eigenvalue weighted by atomic mass is 10.0. The number of nitrogens with zero attached hydrogens (tertiary/aromatic N) is 3. The van der Waals surface area contributed by atoms with E-state index < -0.39 is 0 Å². The van der Waals surface area contributed by atoms with E-state index in [1.807, 2.05) is 47.7 Å². The molecule has 3 heterocycles. The van der Waals surface area contributed by atoms with Crippen molar-refractivity contribution in [3.63, 3.8) is 0 Å². The number of aromatic nitrogens is 1. The number of benzene rings is 7. The highest BCUT2D eigenvalue weighted by Crippen LogP contribution is 2.43. The molecule has 1 aliphatic rings. The predicted molar refractivity (Wildman–Crippen MR) is 204 cm³/mol. The molecule has 10 rings (SSSR count). The zero-order valence-electron chi connectivity index (χ0n) is 25.8. The fourth-order valence-electron chi connectivity index (χ4n) is 7.07. The second kappa shape index (κ2) is 10.6. The Labute approximate surface area is 280 Å². The average molecular weight is 632 g/mol. The van der Waals surface area contributed by atoms with Gasteiger partial charge in [0.05, 0.1) is 5.56 Å². The molecule has 1 N–H and O–H groups in total. The van der Waals surface area contributed by atoms with Crippen LogP contribution < -0.4 is 9.98 Å². The fourth-order valence-corrected chi connectivity index (χ4v) is 8.44. The minimum absolute atomic E-state index is 0.674. The molecule has 0 aliphatic carbocycles. The summed E-state index contributed by atoms with van der Waals surface area (Å²) in [5.74, 6) is 2.16. The van der Waals surface area contributed by atoms with Gasteiger partial charge in [-0.15, -0.1) is 11.3 Å². The van der Waals surface area contributed by atoms with E-state index >= 15 is 0 Å². The second-order valence-electron chi connectivity index (χ2n) is 12.1. The van der Waals surface area contributed by atoms with Gasteiger partial charge < -0.3 is 0 Å². The lowest BCUT2D eigenvalue weighted by Crippen LogP contribution is -2.42. The van der Waals surface area contributed by atoms with Crippen LogP contribution in [0.25, 0.3) is 63.9 Å². The highest BCUT2D eigenvalue weighted by atomic mass is 32.1. The monoisotopic (exact) mass is 631 g/mol. The van der Waals surface area contributed by atoms with E-state index in [1.165, 1.54) is 52.8 Å². The van der Waals surface area contributed by atoms with Gasteiger partial charge in [0.2, 0.25) is 5.84 Å². The number of thiophene rings is 1. The molecule has 0 fully saturated rings. The topological polar surface area (TPSA) is 43.4 Å². The van der Waals surface area contributed by atoms with Gasteiger partial charge in [0.15, 0.2) is 0 Å². The van der Waals surface area contributed by atoms with Crippen molar-refractivity contribution in [2.45, 2.75) is 0 Å². The van der Waals surface area contributed by atoms with Crippen LogP contribution in [0.2, 0.25) is 0 Å². The van der Waals surface area contributed by atoms with E-state index in [0.29, 0.717) is 5.84 Å². The van der Waals surface area contributed by atoms with Crippen molar-refractivity contribution in [1.82, 2.24) is 14.6 Å². The number of aliphatic imine (C=N–C) groups is 1. The van der Waals surface area contributed by atoms with Gasteiger partial charge in [-0.1, -0.05) is 126 Å². The molecule has 7 aromatic carbocycles. The molecule has 9 aromatic rings. The minimum Gasteiger partial charge on any atom is -0.234 e. The molecule has 0 atom stereocenters. The number of rotatable bonds is 3. The van der Waals surface area contributed by atoms with Gasteiger partial charge in [-0.3, -0.25) is 0 Å². The summed E-state index contributed by atoms with van der Waals surface area (Å²) in [5.41, 5.74) is 6.56. The number of nitrogens with one attached hydrogen (secondary N) is 1. The van der Waals surface area contributed by atoms with Crippen LogP contribution in [0, 0.1) is 0 Å². The molecule has 48 heavy (non-hydrogen) atoms. The van der Waals surface area contributed by atoms with E-state index in [2.05, 4.69) is 131 Å². The molecule has 0 amide bonds. The second-order valence-corrected chi connectivity index (χ2v) is 13.1. The molecule has 2 aromatic heterocycles. The number of amidine groups is 2. The number of hydrogen-bond acceptors (Lipinski definition) is 3. The summed E-state index contributed by atoms with van der Waals surface area (Å²) in [6.07, 6.45) is 0. The summed E-state index contributed by atoms with van der Waals surface area (Å²) in [6, 6.07) is 55.8. The first kappa shape index (κ1) is 26.9. The van der Waals surface area contributed by atoms with Crippen LogP contribution in [-0.2, 0) is 0 Å². The van der Waals surface area contributed by atoms with E-state index in [1.54, 1.807) is 0 Å². The molecule has 0 unspecified atom stereocenters. The van der Waals surface area contributed by atoms with Crippen LogP contribution in [0.1, 0.15) is 11.1 Å². The first-order valence-electron chi connectivity index (χ1n) is 16.1. The third-order valence-corrected chi connectivity index (χ3v) is 10.6. The first-order chi connectivity index (χ1) is 23.8. The van der Waals surface area contributed by atoms with E-state index in [-0.39, 0.29) is 0 Å². The molecule has 0 saturated heterocycles. The molecule has 4 nitrogen and oxygen atoms in total. The van der Waals surface area contributed by atoms with E-state index in [0.717, 1.165) is 34.0 Å². The highest BCUT2D eigenvalue weighted by Gasteiger charge is 2.28. The summed E-state index contributed by atoms with van der Waals surface area (Å²) >= 11 is 1.89. The maximum atomic E-state index is 5.18. The Morgan fingerprint density at radius 3 is 2.02 bits per heavy atom. The van der Waals surface area contributed by atoms with Crippen molar-refractivity contribution < 1.29 is 0 Å². The van der Waals surface area contributed by atoms with Gasteiger partial charge in [0.25, 0.3) is 0 Å². The Bertz CT molecular complexity index is 2830. The minimum atomic E-state index is 0.674. The lowest BCUT2D eigenvalue weighted by molar-refractivity contribution is 1.12. The van der Waals surface area contributed by atoms with Crippen LogP contribution in [0.4, 0.5) is 0 Å². The quantitative estimate of drug-likeness (QED) is 0.194. The van der Waals surface area contributed by atoms with Crippen molar-refractivity contribution >= 4 is 81.7 Å². The highest BCUT2D eigenvalue weighted by molar-refractivity contribution is 7.27. The Hall–Kier alpha value is -6.26. The number of hydrogen-bond donors (Lipinski definition) is 1. The molecule has 0 saturated carbocycles. The summed E-state index contributed by atoms with van der Waals surface area (Å²) in [7, 11) is 0. The van der Waals surface area contributed by atoms with Gasteiger partial charge in [0.1, 0.15) is 11.0 Å². The Kier molecular flexibility index (Phi) is 5.97. The molecular formula is C43H27N4S+. The summed E-state index contributed by atoms with van der Waals surface area (Å²) in [6.45, 7) is 0. The summed E-state index contributed by atoms with van der Waals surface area (Å²) in [5, 5.41) is 11.2. The van der Waals surface area contributed by atoms with Gasteiger partial charge in [0, 0.05) is 36.5 Å². The predicted octanol–water partition coefficient (Wildman–Crippen LogP) is 9.75. The molecule has 0 spiro atoms. The third-order valence-electron chi connectivity index (χ3n) is 9.32. The molecular weight excluding hydrogens is 605 g/mol. The standard InChI is InChI=1S/C43H26N4S/c1-3-13-28(14-4-1)41-44-42(29-15-5-2-6-16-29)46-43(45-41)47-37-21-10-9-18-33(37)34-24-23-30(26-38(34)47)32-19-11-20-35-36-25-22-27-12-7-8-17-31(27)39(36)48-40(32)35/h1-26H/p+1. The van der Waals surface area contributed by atoms with Gasteiger partial charge in [-0.25, -0.2) is 14.6 Å². The largest absolute Gasteiger partial charge is 0.414 e. The lowest BCUT2D eigenvalue weighted by Gasteiger charge is -2.10. The Morgan fingerprint density at radius 1 is 0.500 bits per heavy atom. The SMILES string of the molecule is c1ccc(C2=NC(c3ccccc3)=[N+]=C(n3c4ccccc4c4ccc(-c5cccc6c5sc5c7ccccc7ccc65)cc43)N2)cc1. The fraction of sp³-hybridized carbons (Fsp3) is 0. The molecule has 0 bridgehead atoms. The Balaban J connectivity index is 1.23. The van der Waals surface area contributed by atoms with Crippen molar-refractivity contribution in [3.05, 3.63) is 169 Å². The van der Waals surface area contributed by atoms with Crippen LogP contribution in [0.5, 0.6) is 0 Å². The van der Waals surface area contributed by atoms with Crippen LogP contribution in [0.3, 0.4) is 0 Å². The smallest absolute Gasteiger partial charge is 0.234 e. The maximum Gasteiger partial charge on any atom is 0.414 e. The van der Waals surface area contributed by atoms with Crippen LogP contribution in [0.15, 0.2) is 163 Å². The normalized spacial score (nSPS) is 13.2. The Morgan fingerprint density at radius 2 is 1.17 bits per heavy atom. The summed E-state index contributed by atoms with van der Waals surface area (Å²) < 4.78 is 10.1. The van der Waals surface area contributed by atoms with E-state index in [9.17, 15) is 0 Å². The van der Waals surface area contributed by atoms with Crippen molar-refractivity contribution in [1.29, 1.82) is 0 Å². The molecule has 5 heteroatoms. The molecule has 1 aliphatic heterocycles. The first-order valence-corrected chi connectivity index (χ1v) is 16.9. The zero-order valence-corrected chi connectivity index (χ0v) is 26.6. The van der Waals surface area contributed by atoms with Gasteiger partial charge in [-0.05, 0) is 58.3 Å². The zero-order chi connectivity index (χ0) is 31.6. The van der Waals surface area contributed by atoms with Crippen LogP contribution >= 0.6 is 11.3 Å². The van der Waals surface area contributed by atoms with Crippen molar-refractivity contribution in [3.8, 4) is 11.1 Å².